The summed E-state index contributed by atoms with van der Waals surface area (Å²) in [4.78, 5) is 11.7. The second kappa shape index (κ2) is 4.44. The average Bonchev–Trinajstić information content (AvgIpc) is 2.69. The molecule has 116 valence electrons. The van der Waals surface area contributed by atoms with Gasteiger partial charge in [0.1, 0.15) is 0 Å². The van der Waals surface area contributed by atoms with Crippen LogP contribution < -0.4 is 0 Å². The summed E-state index contributed by atoms with van der Waals surface area (Å²) in [5.41, 5.74) is 1.11. The number of carbonyl (C=O) groups excluding carboxylic acids is 1. The van der Waals surface area contributed by atoms with Gasteiger partial charge in [-0.05, 0) is 87.0 Å². The van der Waals surface area contributed by atoms with Crippen LogP contribution in [0.25, 0.3) is 0 Å². The molecule has 6 atom stereocenters. The molecule has 0 aromatic carbocycles. The summed E-state index contributed by atoms with van der Waals surface area (Å²) in [6, 6.07) is 0. The van der Waals surface area contributed by atoms with E-state index in [1.165, 1.54) is 31.3 Å². The molecule has 2 heteroatoms. The first kappa shape index (κ1) is 14.0. The van der Waals surface area contributed by atoms with Crippen molar-refractivity contribution in [2.24, 2.45) is 29.1 Å². The second-order valence-electron chi connectivity index (χ2n) is 8.57. The van der Waals surface area contributed by atoms with Gasteiger partial charge in [-0.15, -0.1) is 0 Å². The molecule has 1 N–H and O–H groups in total. The number of fused-ring (bicyclic) bond motifs is 5. The van der Waals surface area contributed by atoms with Crippen molar-refractivity contribution in [3.8, 4) is 0 Å². The van der Waals surface area contributed by atoms with Crippen LogP contribution in [0.5, 0.6) is 0 Å². The summed E-state index contributed by atoms with van der Waals surface area (Å²) in [5, 5.41) is 10.9. The quantitative estimate of drug-likeness (QED) is 0.734. The Balaban J connectivity index is 1.64. The highest BCUT2D eigenvalue weighted by Crippen LogP contribution is 2.64. The van der Waals surface area contributed by atoms with E-state index in [9.17, 15) is 9.90 Å². The number of allylic oxidation sites excluding steroid dienone is 1. The molecule has 0 heterocycles. The molecule has 3 fully saturated rings. The van der Waals surface area contributed by atoms with Crippen LogP contribution >= 0.6 is 0 Å². The number of ketones is 1. The maximum Gasteiger partial charge on any atom is 0.155 e. The van der Waals surface area contributed by atoms with E-state index < -0.39 is 5.60 Å². The Bertz CT molecular complexity index is 504. The average molecular weight is 288 g/mol. The fraction of sp³-hybridized carbons (Fsp3) is 0.842. The van der Waals surface area contributed by atoms with Crippen LogP contribution in [0.4, 0.5) is 0 Å². The van der Waals surface area contributed by atoms with Gasteiger partial charge in [0.25, 0.3) is 0 Å². The van der Waals surface area contributed by atoms with E-state index in [0.29, 0.717) is 17.6 Å². The maximum absolute atomic E-state index is 11.7. The summed E-state index contributed by atoms with van der Waals surface area (Å²) in [5.74, 6) is 3.30. The van der Waals surface area contributed by atoms with Crippen LogP contribution in [0.15, 0.2) is 11.6 Å². The molecule has 0 saturated heterocycles. The van der Waals surface area contributed by atoms with Crippen molar-refractivity contribution in [1.82, 2.24) is 0 Å². The highest BCUT2D eigenvalue weighted by Gasteiger charge is 2.60. The zero-order chi connectivity index (χ0) is 14.8. The smallest absolute Gasteiger partial charge is 0.155 e. The summed E-state index contributed by atoms with van der Waals surface area (Å²) in [6.07, 6.45) is 10.8. The van der Waals surface area contributed by atoms with Crippen molar-refractivity contribution >= 4 is 5.78 Å². The molecule has 0 amide bonds. The highest BCUT2D eigenvalue weighted by atomic mass is 16.3. The Hall–Kier alpha value is -0.630. The number of rotatable bonds is 0. The molecule has 0 bridgehead atoms. The summed E-state index contributed by atoms with van der Waals surface area (Å²) in [7, 11) is 0. The van der Waals surface area contributed by atoms with Gasteiger partial charge in [-0.2, -0.15) is 0 Å². The molecule has 0 radical (unpaired) electrons. The largest absolute Gasteiger partial charge is 0.390 e. The van der Waals surface area contributed by atoms with Gasteiger partial charge in [0.05, 0.1) is 5.60 Å². The third kappa shape index (κ3) is 1.84. The van der Waals surface area contributed by atoms with Gasteiger partial charge in [0.15, 0.2) is 5.78 Å². The van der Waals surface area contributed by atoms with Crippen LogP contribution in [-0.2, 0) is 4.79 Å². The molecule has 4 rings (SSSR count). The van der Waals surface area contributed by atoms with E-state index in [2.05, 4.69) is 13.8 Å². The molecular formula is C19H28O2. The van der Waals surface area contributed by atoms with Crippen LogP contribution in [0.1, 0.15) is 65.2 Å². The zero-order valence-electron chi connectivity index (χ0n) is 13.4. The Morgan fingerprint density at radius 2 is 1.86 bits per heavy atom. The highest BCUT2D eigenvalue weighted by molar-refractivity contribution is 5.91. The topological polar surface area (TPSA) is 37.3 Å². The van der Waals surface area contributed by atoms with E-state index in [-0.39, 0.29) is 5.41 Å². The summed E-state index contributed by atoms with van der Waals surface area (Å²) >= 11 is 0. The summed E-state index contributed by atoms with van der Waals surface area (Å²) in [6.45, 7) is 4.41. The molecule has 0 spiro atoms. The SMILES string of the molecule is CC12CCC3C4CCC(=O)C=C4CCC3C1CC[C@@]2(C)O. The van der Waals surface area contributed by atoms with Gasteiger partial charge in [-0.3, -0.25) is 4.79 Å². The number of carbonyl (C=O) groups is 1. The minimum atomic E-state index is -0.471. The lowest BCUT2D eigenvalue weighted by atomic mass is 9.51. The second-order valence-corrected chi connectivity index (χ2v) is 8.57. The molecule has 3 saturated carbocycles. The van der Waals surface area contributed by atoms with Crippen LogP contribution in [-0.4, -0.2) is 16.5 Å². The van der Waals surface area contributed by atoms with Gasteiger partial charge in [0.2, 0.25) is 0 Å². The Morgan fingerprint density at radius 3 is 2.67 bits per heavy atom. The first-order valence-corrected chi connectivity index (χ1v) is 8.88. The Kier molecular flexibility index (Phi) is 2.96. The van der Waals surface area contributed by atoms with Crippen LogP contribution in [0.3, 0.4) is 0 Å². The van der Waals surface area contributed by atoms with Crippen molar-refractivity contribution in [1.29, 1.82) is 0 Å². The normalized spacial score (nSPS) is 52.7. The van der Waals surface area contributed by atoms with Crippen LogP contribution in [0, 0.1) is 29.1 Å². The molecule has 21 heavy (non-hydrogen) atoms. The maximum atomic E-state index is 11.7. The van der Waals surface area contributed by atoms with Gasteiger partial charge in [-0.25, -0.2) is 0 Å². The minimum Gasteiger partial charge on any atom is -0.390 e. The van der Waals surface area contributed by atoms with E-state index in [0.717, 1.165) is 37.5 Å². The monoisotopic (exact) mass is 288 g/mol. The van der Waals surface area contributed by atoms with E-state index in [4.69, 9.17) is 0 Å². The first-order chi connectivity index (χ1) is 9.92. The third-order valence-corrected chi connectivity index (χ3v) is 7.86. The van der Waals surface area contributed by atoms with Gasteiger partial charge in [0, 0.05) is 6.42 Å². The summed E-state index contributed by atoms with van der Waals surface area (Å²) < 4.78 is 0. The predicted octanol–water partition coefficient (Wildman–Crippen LogP) is 3.88. The number of aliphatic hydroxyl groups is 1. The molecule has 0 aliphatic heterocycles. The molecular weight excluding hydrogens is 260 g/mol. The van der Waals surface area contributed by atoms with Crippen molar-refractivity contribution < 1.29 is 9.90 Å². The van der Waals surface area contributed by atoms with E-state index in [1.54, 1.807) is 0 Å². The van der Waals surface area contributed by atoms with Crippen LogP contribution in [0.2, 0.25) is 0 Å². The lowest BCUT2D eigenvalue weighted by Crippen LogP contribution is -2.51. The molecule has 4 aliphatic rings. The van der Waals surface area contributed by atoms with Gasteiger partial charge >= 0.3 is 0 Å². The molecule has 5 unspecified atom stereocenters. The lowest BCUT2D eigenvalue weighted by molar-refractivity contribution is -0.117. The van der Waals surface area contributed by atoms with E-state index >= 15 is 0 Å². The van der Waals surface area contributed by atoms with Crippen molar-refractivity contribution in [2.45, 2.75) is 70.8 Å². The lowest BCUT2D eigenvalue weighted by Gasteiger charge is -2.55. The number of hydrogen-bond donors (Lipinski definition) is 1. The predicted molar refractivity (Wildman–Crippen MR) is 82.7 cm³/mol. The fourth-order valence-corrected chi connectivity index (χ4v) is 6.42. The van der Waals surface area contributed by atoms with Crippen molar-refractivity contribution in [2.75, 3.05) is 0 Å². The third-order valence-electron chi connectivity index (χ3n) is 7.86. The zero-order valence-corrected chi connectivity index (χ0v) is 13.4. The molecule has 0 aromatic heterocycles. The van der Waals surface area contributed by atoms with E-state index in [1.807, 2.05) is 6.08 Å². The Morgan fingerprint density at radius 1 is 1.05 bits per heavy atom. The number of hydrogen-bond acceptors (Lipinski definition) is 2. The molecule has 2 nitrogen and oxygen atoms in total. The van der Waals surface area contributed by atoms with Crippen molar-refractivity contribution in [3.63, 3.8) is 0 Å². The Labute approximate surface area is 128 Å². The first-order valence-electron chi connectivity index (χ1n) is 8.88. The van der Waals surface area contributed by atoms with Crippen molar-refractivity contribution in [3.05, 3.63) is 11.6 Å². The van der Waals surface area contributed by atoms with Gasteiger partial charge in [-0.1, -0.05) is 12.5 Å². The standard InChI is InChI=1S/C19H28O2/c1-18-9-7-15-14-6-4-13(20)11-12(14)3-5-16(15)17(18)8-10-19(18,2)21/h11,14-17,21H,3-10H2,1-2H3/t14?,15?,16?,17?,18?,19-/m1/s1. The fourth-order valence-electron chi connectivity index (χ4n) is 6.42. The minimum absolute atomic E-state index is 0.125. The molecule has 4 aliphatic carbocycles. The molecule has 0 aromatic rings. The van der Waals surface area contributed by atoms with Gasteiger partial charge < -0.3 is 5.11 Å².